The average Bonchev–Trinajstić information content (AvgIpc) is 2.59. The summed E-state index contributed by atoms with van der Waals surface area (Å²) >= 11 is 0. The van der Waals surface area contributed by atoms with E-state index in [4.69, 9.17) is 0 Å². The number of aldehydes is 1. The predicted molar refractivity (Wildman–Crippen MR) is 87.3 cm³/mol. The molecule has 0 atom stereocenters. The molecule has 0 heterocycles. The van der Waals surface area contributed by atoms with Crippen LogP contribution >= 0.6 is 0 Å². The molecule has 3 rings (SSSR count). The van der Waals surface area contributed by atoms with Crippen LogP contribution in [0.3, 0.4) is 0 Å². The van der Waals surface area contributed by atoms with Crippen LogP contribution in [0.1, 0.15) is 33.0 Å². The third-order valence-corrected chi connectivity index (χ3v) is 3.76. The fourth-order valence-electron chi connectivity index (χ4n) is 2.72. The van der Waals surface area contributed by atoms with Gasteiger partial charge in [-0.05, 0) is 29.3 Å². The van der Waals surface area contributed by atoms with Crippen LogP contribution in [0.4, 0.5) is 0 Å². The molecule has 0 saturated carbocycles. The van der Waals surface area contributed by atoms with Crippen molar-refractivity contribution in [2.24, 2.45) is 0 Å². The first kappa shape index (κ1) is 14.1. The molecule has 0 saturated heterocycles. The van der Waals surface area contributed by atoms with E-state index in [0.717, 1.165) is 23.0 Å². The third kappa shape index (κ3) is 2.77. The Balaban J connectivity index is 2.20. The largest absolute Gasteiger partial charge is 0.508 e. The molecule has 0 fully saturated rings. The van der Waals surface area contributed by atoms with Gasteiger partial charge in [0.15, 0.2) is 0 Å². The Morgan fingerprint density at radius 2 is 1.32 bits per heavy atom. The zero-order valence-corrected chi connectivity index (χ0v) is 12.0. The lowest BCUT2D eigenvalue weighted by molar-refractivity contribution is 0.112. The van der Waals surface area contributed by atoms with Crippen LogP contribution in [0.5, 0.6) is 5.75 Å². The summed E-state index contributed by atoms with van der Waals surface area (Å²) in [4.78, 5) is 11.1. The molecule has 2 nitrogen and oxygen atoms in total. The molecular formula is C20H16O2. The summed E-state index contributed by atoms with van der Waals surface area (Å²) in [7, 11) is 0. The Kier molecular flexibility index (Phi) is 4.01. The van der Waals surface area contributed by atoms with Crippen LogP contribution in [-0.2, 0) is 0 Å². The van der Waals surface area contributed by atoms with Gasteiger partial charge in [0, 0.05) is 17.0 Å². The molecule has 0 spiro atoms. The molecule has 0 unspecified atom stereocenters. The van der Waals surface area contributed by atoms with Crippen molar-refractivity contribution >= 4 is 6.29 Å². The highest BCUT2D eigenvalue weighted by Gasteiger charge is 2.20. The van der Waals surface area contributed by atoms with E-state index in [1.807, 2.05) is 60.7 Å². The normalized spacial score (nSPS) is 10.6. The Bertz CT molecular complexity index is 725. The number of aromatic hydroxyl groups is 1. The number of rotatable bonds is 4. The van der Waals surface area contributed by atoms with Gasteiger partial charge in [-0.2, -0.15) is 0 Å². The SMILES string of the molecule is O=Cc1ccc(O)c(C(c2ccccc2)c2ccccc2)c1. The van der Waals surface area contributed by atoms with Gasteiger partial charge < -0.3 is 5.11 Å². The lowest BCUT2D eigenvalue weighted by Crippen LogP contribution is -2.04. The highest BCUT2D eigenvalue weighted by atomic mass is 16.3. The second kappa shape index (κ2) is 6.27. The number of benzene rings is 3. The molecule has 1 N–H and O–H groups in total. The molecule has 3 aromatic carbocycles. The molecular weight excluding hydrogens is 272 g/mol. The number of phenolic OH excluding ortho intramolecular Hbond substituents is 1. The van der Waals surface area contributed by atoms with E-state index in [1.54, 1.807) is 18.2 Å². The van der Waals surface area contributed by atoms with Crippen LogP contribution in [0, 0.1) is 0 Å². The lowest BCUT2D eigenvalue weighted by Gasteiger charge is -2.20. The van der Waals surface area contributed by atoms with Crippen molar-refractivity contribution in [1.82, 2.24) is 0 Å². The van der Waals surface area contributed by atoms with Gasteiger partial charge in [-0.15, -0.1) is 0 Å². The second-order valence-electron chi connectivity index (χ2n) is 5.19. The Labute approximate surface area is 129 Å². The van der Waals surface area contributed by atoms with Crippen molar-refractivity contribution in [2.75, 3.05) is 0 Å². The molecule has 22 heavy (non-hydrogen) atoms. The monoisotopic (exact) mass is 288 g/mol. The van der Waals surface area contributed by atoms with Gasteiger partial charge in [0.05, 0.1) is 0 Å². The quantitative estimate of drug-likeness (QED) is 0.571. The summed E-state index contributed by atoms with van der Waals surface area (Å²) in [6, 6.07) is 24.9. The van der Waals surface area contributed by atoms with Crippen LogP contribution in [0.25, 0.3) is 0 Å². The summed E-state index contributed by atoms with van der Waals surface area (Å²) in [6.07, 6.45) is 0.802. The van der Waals surface area contributed by atoms with Crippen molar-refractivity contribution in [1.29, 1.82) is 0 Å². The zero-order chi connectivity index (χ0) is 15.4. The molecule has 0 aromatic heterocycles. The molecule has 0 amide bonds. The third-order valence-electron chi connectivity index (χ3n) is 3.76. The van der Waals surface area contributed by atoms with E-state index in [1.165, 1.54) is 0 Å². The molecule has 108 valence electrons. The maximum atomic E-state index is 11.1. The molecule has 0 aliphatic heterocycles. The number of hydrogen-bond acceptors (Lipinski definition) is 2. The molecule has 0 aliphatic carbocycles. The van der Waals surface area contributed by atoms with Crippen LogP contribution in [0.2, 0.25) is 0 Å². The van der Waals surface area contributed by atoms with Crippen LogP contribution in [-0.4, -0.2) is 11.4 Å². The predicted octanol–water partition coefficient (Wildman–Crippen LogP) is 4.38. The highest BCUT2D eigenvalue weighted by Crippen LogP contribution is 2.36. The Morgan fingerprint density at radius 3 is 1.82 bits per heavy atom. The highest BCUT2D eigenvalue weighted by molar-refractivity contribution is 5.76. The first-order valence-electron chi connectivity index (χ1n) is 7.17. The molecule has 2 heteroatoms. The minimum atomic E-state index is -0.109. The molecule has 0 bridgehead atoms. The summed E-state index contributed by atoms with van der Waals surface area (Å²) in [5.41, 5.74) is 3.45. The van der Waals surface area contributed by atoms with E-state index in [2.05, 4.69) is 0 Å². The maximum Gasteiger partial charge on any atom is 0.150 e. The fraction of sp³-hybridized carbons (Fsp3) is 0.0500. The standard InChI is InChI=1S/C20H16O2/c21-14-15-11-12-19(22)18(13-15)20(16-7-3-1-4-8-16)17-9-5-2-6-10-17/h1-14,20,22H. The summed E-state index contributed by atoms with van der Waals surface area (Å²) in [5, 5.41) is 10.3. The number of hydrogen-bond donors (Lipinski definition) is 1. The summed E-state index contributed by atoms with van der Waals surface area (Å²) in [6.45, 7) is 0. The molecule has 3 aromatic rings. The topological polar surface area (TPSA) is 37.3 Å². The smallest absolute Gasteiger partial charge is 0.150 e. The minimum Gasteiger partial charge on any atom is -0.508 e. The number of carbonyl (C=O) groups is 1. The van der Waals surface area contributed by atoms with Gasteiger partial charge in [-0.3, -0.25) is 4.79 Å². The average molecular weight is 288 g/mol. The van der Waals surface area contributed by atoms with Gasteiger partial charge in [0.2, 0.25) is 0 Å². The Morgan fingerprint density at radius 1 is 0.773 bits per heavy atom. The van der Waals surface area contributed by atoms with Gasteiger partial charge in [-0.25, -0.2) is 0 Å². The van der Waals surface area contributed by atoms with E-state index in [0.29, 0.717) is 5.56 Å². The van der Waals surface area contributed by atoms with Crippen LogP contribution < -0.4 is 0 Å². The van der Waals surface area contributed by atoms with E-state index >= 15 is 0 Å². The zero-order valence-electron chi connectivity index (χ0n) is 12.0. The van der Waals surface area contributed by atoms with Crippen molar-refractivity contribution in [3.05, 3.63) is 101 Å². The molecule has 0 radical (unpaired) electrons. The van der Waals surface area contributed by atoms with Gasteiger partial charge >= 0.3 is 0 Å². The fourth-order valence-corrected chi connectivity index (χ4v) is 2.72. The number of carbonyl (C=O) groups excluding carboxylic acids is 1. The van der Waals surface area contributed by atoms with Crippen LogP contribution in [0.15, 0.2) is 78.9 Å². The van der Waals surface area contributed by atoms with Crippen molar-refractivity contribution in [3.63, 3.8) is 0 Å². The van der Waals surface area contributed by atoms with Gasteiger partial charge in [0.25, 0.3) is 0 Å². The van der Waals surface area contributed by atoms with Crippen molar-refractivity contribution in [2.45, 2.75) is 5.92 Å². The Hall–Kier alpha value is -2.87. The first-order chi connectivity index (χ1) is 10.8. The van der Waals surface area contributed by atoms with E-state index < -0.39 is 0 Å². The van der Waals surface area contributed by atoms with Crippen molar-refractivity contribution in [3.8, 4) is 5.75 Å². The first-order valence-corrected chi connectivity index (χ1v) is 7.17. The summed E-state index contributed by atoms with van der Waals surface area (Å²) < 4.78 is 0. The maximum absolute atomic E-state index is 11.1. The van der Waals surface area contributed by atoms with Crippen molar-refractivity contribution < 1.29 is 9.90 Å². The van der Waals surface area contributed by atoms with Gasteiger partial charge in [0.1, 0.15) is 12.0 Å². The van der Waals surface area contributed by atoms with E-state index in [-0.39, 0.29) is 11.7 Å². The number of phenols is 1. The minimum absolute atomic E-state index is 0.109. The summed E-state index contributed by atoms with van der Waals surface area (Å²) in [5.74, 6) is 0.0885. The second-order valence-corrected chi connectivity index (χ2v) is 5.19. The van der Waals surface area contributed by atoms with Gasteiger partial charge in [-0.1, -0.05) is 60.7 Å². The molecule has 0 aliphatic rings. The van der Waals surface area contributed by atoms with E-state index in [9.17, 15) is 9.90 Å². The lowest BCUT2D eigenvalue weighted by atomic mass is 9.84.